The molecule has 0 aromatic rings. The van der Waals surface area contributed by atoms with E-state index in [1.165, 1.54) is 0 Å². The van der Waals surface area contributed by atoms with Crippen molar-refractivity contribution in [1.29, 1.82) is 0 Å². The third kappa shape index (κ3) is 6.23. The zero-order valence-corrected chi connectivity index (χ0v) is 13.5. The Bertz CT molecular complexity index is 275. The van der Waals surface area contributed by atoms with Gasteiger partial charge in [-0.25, -0.2) is 0 Å². The van der Waals surface area contributed by atoms with Crippen molar-refractivity contribution in [1.82, 2.24) is 10.2 Å². The quantitative estimate of drug-likeness (QED) is 0.718. The first-order valence-corrected chi connectivity index (χ1v) is 8.35. The van der Waals surface area contributed by atoms with Gasteiger partial charge >= 0.3 is 0 Å². The lowest BCUT2D eigenvalue weighted by Gasteiger charge is -2.35. The molecule has 1 atom stereocenters. The van der Waals surface area contributed by atoms with Crippen molar-refractivity contribution in [2.75, 3.05) is 13.1 Å². The largest absolute Gasteiger partial charge is 0.353 e. The van der Waals surface area contributed by atoms with Crippen LogP contribution in [0.5, 0.6) is 0 Å². The molecule has 0 aliphatic heterocycles. The summed E-state index contributed by atoms with van der Waals surface area (Å²) >= 11 is 0. The molecule has 0 radical (unpaired) electrons. The second-order valence-corrected chi connectivity index (χ2v) is 6.30. The van der Waals surface area contributed by atoms with Crippen LogP contribution < -0.4 is 11.1 Å². The van der Waals surface area contributed by atoms with E-state index in [1.54, 1.807) is 0 Å². The first kappa shape index (κ1) is 17.4. The number of rotatable bonds is 8. The van der Waals surface area contributed by atoms with Gasteiger partial charge in [-0.3, -0.25) is 9.69 Å². The van der Waals surface area contributed by atoms with Gasteiger partial charge in [-0.1, -0.05) is 20.3 Å². The highest BCUT2D eigenvalue weighted by Gasteiger charge is 2.25. The molecule has 0 heterocycles. The molecule has 1 rings (SSSR count). The maximum absolute atomic E-state index is 12.1. The Morgan fingerprint density at radius 3 is 2.45 bits per heavy atom. The second-order valence-electron chi connectivity index (χ2n) is 6.30. The molecule has 4 nitrogen and oxygen atoms in total. The molecule has 4 heteroatoms. The van der Waals surface area contributed by atoms with Crippen molar-refractivity contribution in [3.8, 4) is 0 Å². The number of nitrogens with zero attached hydrogens (tertiary/aromatic N) is 1. The second kappa shape index (κ2) is 9.35. The van der Waals surface area contributed by atoms with Crippen LogP contribution in [-0.2, 0) is 4.79 Å². The van der Waals surface area contributed by atoms with E-state index < -0.39 is 0 Å². The number of hydrogen-bond donors (Lipinski definition) is 2. The van der Waals surface area contributed by atoms with Gasteiger partial charge < -0.3 is 11.1 Å². The molecule has 0 bridgehead atoms. The lowest BCUT2D eigenvalue weighted by atomic mass is 9.90. The summed E-state index contributed by atoms with van der Waals surface area (Å²) in [6, 6.07) is 1.20. The molecule has 0 spiro atoms. The first-order valence-electron chi connectivity index (χ1n) is 8.35. The van der Waals surface area contributed by atoms with Gasteiger partial charge in [0.2, 0.25) is 5.91 Å². The standard InChI is InChI=1S/C16H33N3O/c1-4-6-13(3)18-16(20)12-19(11-5-2)15-9-7-14(17)8-10-15/h13-15H,4-12,17H2,1-3H3,(H,18,20). The van der Waals surface area contributed by atoms with Crippen molar-refractivity contribution in [2.24, 2.45) is 5.73 Å². The average Bonchev–Trinajstić information content (AvgIpc) is 2.39. The molecule has 118 valence electrons. The third-order valence-electron chi connectivity index (χ3n) is 4.24. The summed E-state index contributed by atoms with van der Waals surface area (Å²) < 4.78 is 0. The highest BCUT2D eigenvalue weighted by atomic mass is 16.2. The van der Waals surface area contributed by atoms with Crippen LogP contribution in [0.1, 0.15) is 65.7 Å². The Balaban J connectivity index is 2.43. The normalized spacial score (nSPS) is 24.6. The van der Waals surface area contributed by atoms with Gasteiger partial charge in [0, 0.05) is 18.1 Å². The van der Waals surface area contributed by atoms with Crippen LogP contribution in [0.3, 0.4) is 0 Å². The molecule has 1 aliphatic rings. The summed E-state index contributed by atoms with van der Waals surface area (Å²) in [5.41, 5.74) is 5.97. The SMILES string of the molecule is CCCC(C)NC(=O)CN(CCC)C1CCC(N)CC1. The van der Waals surface area contributed by atoms with Gasteiger partial charge in [-0.15, -0.1) is 0 Å². The Hall–Kier alpha value is -0.610. The molecule has 1 aliphatic carbocycles. The van der Waals surface area contributed by atoms with Crippen LogP contribution in [0.25, 0.3) is 0 Å². The van der Waals surface area contributed by atoms with Crippen LogP contribution in [0, 0.1) is 0 Å². The minimum absolute atomic E-state index is 0.175. The van der Waals surface area contributed by atoms with Gasteiger partial charge in [-0.05, 0) is 52.0 Å². The molecule has 1 unspecified atom stereocenters. The highest BCUT2D eigenvalue weighted by Crippen LogP contribution is 2.22. The fourth-order valence-corrected chi connectivity index (χ4v) is 3.15. The predicted octanol–water partition coefficient (Wildman–Crippen LogP) is 2.27. The number of nitrogens with one attached hydrogen (secondary N) is 1. The smallest absolute Gasteiger partial charge is 0.234 e. The Morgan fingerprint density at radius 1 is 1.25 bits per heavy atom. The Morgan fingerprint density at radius 2 is 1.90 bits per heavy atom. The molecule has 1 fully saturated rings. The van der Waals surface area contributed by atoms with Crippen molar-refractivity contribution in [3.63, 3.8) is 0 Å². The maximum Gasteiger partial charge on any atom is 0.234 e. The van der Waals surface area contributed by atoms with Crippen LogP contribution in [-0.4, -0.2) is 42.0 Å². The van der Waals surface area contributed by atoms with Gasteiger partial charge in [0.25, 0.3) is 0 Å². The van der Waals surface area contributed by atoms with Gasteiger partial charge in [0.1, 0.15) is 0 Å². The zero-order valence-electron chi connectivity index (χ0n) is 13.5. The molecule has 3 N–H and O–H groups in total. The summed E-state index contributed by atoms with van der Waals surface area (Å²) in [5, 5.41) is 3.11. The van der Waals surface area contributed by atoms with Crippen LogP contribution in [0.2, 0.25) is 0 Å². The zero-order chi connectivity index (χ0) is 15.0. The van der Waals surface area contributed by atoms with Crippen molar-refractivity contribution in [3.05, 3.63) is 0 Å². The van der Waals surface area contributed by atoms with E-state index in [1.807, 2.05) is 0 Å². The van der Waals surface area contributed by atoms with E-state index in [4.69, 9.17) is 5.73 Å². The topological polar surface area (TPSA) is 58.4 Å². The summed E-state index contributed by atoms with van der Waals surface area (Å²) in [5.74, 6) is 0.175. The Kier molecular flexibility index (Phi) is 8.15. The molecule has 0 aromatic heterocycles. The van der Waals surface area contributed by atoms with Crippen molar-refractivity contribution in [2.45, 2.75) is 83.8 Å². The third-order valence-corrected chi connectivity index (χ3v) is 4.24. The summed E-state index contributed by atoms with van der Waals surface area (Å²) in [4.78, 5) is 14.5. The lowest BCUT2D eigenvalue weighted by Crippen LogP contribution is -2.47. The van der Waals surface area contributed by atoms with Gasteiger partial charge in [0.05, 0.1) is 6.54 Å². The van der Waals surface area contributed by atoms with E-state index in [0.29, 0.717) is 18.6 Å². The van der Waals surface area contributed by atoms with E-state index in [9.17, 15) is 4.79 Å². The van der Waals surface area contributed by atoms with Crippen LogP contribution in [0.15, 0.2) is 0 Å². The molecule has 0 saturated heterocycles. The van der Waals surface area contributed by atoms with E-state index in [-0.39, 0.29) is 11.9 Å². The van der Waals surface area contributed by atoms with Crippen LogP contribution in [0.4, 0.5) is 0 Å². The molecule has 1 saturated carbocycles. The minimum Gasteiger partial charge on any atom is -0.353 e. The number of carbonyl (C=O) groups excluding carboxylic acids is 1. The summed E-state index contributed by atoms with van der Waals surface area (Å²) in [7, 11) is 0. The highest BCUT2D eigenvalue weighted by molar-refractivity contribution is 5.78. The minimum atomic E-state index is 0.175. The molecular formula is C16H33N3O. The fourth-order valence-electron chi connectivity index (χ4n) is 3.15. The number of carbonyl (C=O) groups is 1. The molecule has 0 aromatic carbocycles. The van der Waals surface area contributed by atoms with Crippen molar-refractivity contribution >= 4 is 5.91 Å². The fraction of sp³-hybridized carbons (Fsp3) is 0.938. The number of amides is 1. The van der Waals surface area contributed by atoms with Crippen molar-refractivity contribution < 1.29 is 4.79 Å². The number of nitrogens with two attached hydrogens (primary N) is 1. The predicted molar refractivity (Wildman–Crippen MR) is 84.6 cm³/mol. The number of hydrogen-bond acceptors (Lipinski definition) is 3. The molecule has 1 amide bonds. The summed E-state index contributed by atoms with van der Waals surface area (Å²) in [6.45, 7) is 7.97. The summed E-state index contributed by atoms with van der Waals surface area (Å²) in [6.07, 6.45) is 7.73. The lowest BCUT2D eigenvalue weighted by molar-refractivity contribution is -0.123. The Labute approximate surface area is 124 Å². The molecule has 20 heavy (non-hydrogen) atoms. The molecular weight excluding hydrogens is 250 g/mol. The monoisotopic (exact) mass is 283 g/mol. The maximum atomic E-state index is 12.1. The average molecular weight is 283 g/mol. The van der Waals surface area contributed by atoms with Crippen LogP contribution >= 0.6 is 0 Å². The van der Waals surface area contributed by atoms with E-state index in [2.05, 4.69) is 31.0 Å². The first-order chi connectivity index (χ1) is 9.56. The van der Waals surface area contributed by atoms with Gasteiger partial charge in [0.15, 0.2) is 0 Å². The van der Waals surface area contributed by atoms with E-state index >= 15 is 0 Å². The van der Waals surface area contributed by atoms with E-state index in [0.717, 1.165) is 51.5 Å². The van der Waals surface area contributed by atoms with Gasteiger partial charge in [-0.2, -0.15) is 0 Å².